The van der Waals surface area contributed by atoms with Crippen LogP contribution in [0.25, 0.3) is 11.3 Å². The number of phenolic OH excluding ortho intramolecular Hbond substituents is 1. The van der Waals surface area contributed by atoms with Crippen LogP contribution in [0, 0.1) is 0 Å². The zero-order valence-electron chi connectivity index (χ0n) is 10.1. The van der Waals surface area contributed by atoms with Crippen molar-refractivity contribution in [1.29, 1.82) is 0 Å². The molecule has 1 saturated carbocycles. The molecule has 0 radical (unpaired) electrons. The van der Waals surface area contributed by atoms with Gasteiger partial charge >= 0.3 is 0 Å². The molecule has 1 aliphatic rings. The molecule has 3 rings (SSSR count). The third-order valence-corrected chi connectivity index (χ3v) is 3.61. The molecule has 19 heavy (non-hydrogen) atoms. The molecule has 0 amide bonds. The molecule has 1 aromatic heterocycles. The highest BCUT2D eigenvalue weighted by Gasteiger charge is 2.34. The Morgan fingerprint density at radius 3 is 2.58 bits per heavy atom. The van der Waals surface area contributed by atoms with E-state index in [4.69, 9.17) is 17.3 Å². The topological polar surface area (TPSA) is 59.1 Å². The number of hydrogen-bond acceptors (Lipinski definition) is 3. The first-order valence-electron chi connectivity index (χ1n) is 5.85. The number of rotatable bonds is 2. The molecule has 100 valence electrons. The summed E-state index contributed by atoms with van der Waals surface area (Å²) < 4.78 is 0. The van der Waals surface area contributed by atoms with Crippen molar-refractivity contribution in [3.63, 3.8) is 0 Å². The molecule has 5 heteroatoms. The van der Waals surface area contributed by atoms with E-state index >= 15 is 0 Å². The number of phenols is 1. The first-order chi connectivity index (χ1) is 8.65. The lowest BCUT2D eigenvalue weighted by Crippen LogP contribution is -2.01. The second kappa shape index (κ2) is 5.37. The molecule has 1 aliphatic carbocycles. The third kappa shape index (κ3) is 2.84. The van der Waals surface area contributed by atoms with Crippen molar-refractivity contribution in [2.45, 2.75) is 18.4 Å². The maximum Gasteiger partial charge on any atom is 0.116 e. The molecule has 2 atom stereocenters. The second-order valence-corrected chi connectivity index (χ2v) is 5.05. The standard InChI is InChI=1S/C14H13ClN2O.ClH/c15-12-3-2-9(18)5-11(12)14-4-1-8(7-17-14)10-6-13(10)16;/h1-5,7,10,13,18H,6,16H2;1H/t10-,13+;/m1./s1. The van der Waals surface area contributed by atoms with Crippen molar-refractivity contribution in [1.82, 2.24) is 4.98 Å². The maximum atomic E-state index is 9.48. The van der Waals surface area contributed by atoms with Crippen LogP contribution in [0.2, 0.25) is 5.02 Å². The summed E-state index contributed by atoms with van der Waals surface area (Å²) >= 11 is 6.10. The van der Waals surface area contributed by atoms with Gasteiger partial charge in [0.25, 0.3) is 0 Å². The van der Waals surface area contributed by atoms with Crippen LogP contribution in [0.5, 0.6) is 5.75 Å². The summed E-state index contributed by atoms with van der Waals surface area (Å²) in [4.78, 5) is 4.40. The molecule has 1 aromatic carbocycles. The van der Waals surface area contributed by atoms with Crippen LogP contribution in [-0.4, -0.2) is 16.1 Å². The minimum absolute atomic E-state index is 0. The molecule has 1 heterocycles. The van der Waals surface area contributed by atoms with E-state index in [0.29, 0.717) is 10.9 Å². The van der Waals surface area contributed by atoms with E-state index < -0.39 is 0 Å². The Morgan fingerprint density at radius 2 is 2.00 bits per heavy atom. The van der Waals surface area contributed by atoms with Gasteiger partial charge < -0.3 is 10.8 Å². The molecule has 2 aromatic rings. The lowest BCUT2D eigenvalue weighted by Gasteiger charge is -2.05. The SMILES string of the molecule is Cl.N[C@H]1C[C@@H]1c1ccc(-c2cc(O)ccc2Cl)nc1. The average Bonchev–Trinajstić information content (AvgIpc) is 3.10. The van der Waals surface area contributed by atoms with E-state index in [0.717, 1.165) is 17.7 Å². The second-order valence-electron chi connectivity index (χ2n) is 4.65. The number of aromatic hydroxyl groups is 1. The average molecular weight is 297 g/mol. The molecular weight excluding hydrogens is 283 g/mol. The quantitative estimate of drug-likeness (QED) is 0.893. The fraction of sp³-hybridized carbons (Fsp3) is 0.214. The van der Waals surface area contributed by atoms with Crippen LogP contribution >= 0.6 is 24.0 Å². The smallest absolute Gasteiger partial charge is 0.116 e. The number of hydrogen-bond donors (Lipinski definition) is 2. The van der Waals surface area contributed by atoms with Gasteiger partial charge in [0.05, 0.1) is 10.7 Å². The van der Waals surface area contributed by atoms with Crippen LogP contribution in [-0.2, 0) is 0 Å². The summed E-state index contributed by atoms with van der Waals surface area (Å²) in [5, 5.41) is 10.1. The van der Waals surface area contributed by atoms with Gasteiger partial charge in [-0.3, -0.25) is 4.98 Å². The molecular formula is C14H14Cl2N2O. The number of benzene rings is 1. The molecule has 0 spiro atoms. The molecule has 1 fully saturated rings. The zero-order valence-corrected chi connectivity index (χ0v) is 11.7. The Kier molecular flexibility index (Phi) is 3.99. The van der Waals surface area contributed by atoms with Gasteiger partial charge in [-0.05, 0) is 36.2 Å². The van der Waals surface area contributed by atoms with Crippen molar-refractivity contribution in [2.75, 3.05) is 0 Å². The van der Waals surface area contributed by atoms with Gasteiger partial charge in [-0.25, -0.2) is 0 Å². The first-order valence-corrected chi connectivity index (χ1v) is 6.23. The predicted octanol–water partition coefficient (Wildman–Crippen LogP) is 3.34. The molecule has 3 N–H and O–H groups in total. The highest BCUT2D eigenvalue weighted by molar-refractivity contribution is 6.33. The maximum absolute atomic E-state index is 9.48. The molecule has 0 aliphatic heterocycles. The summed E-state index contributed by atoms with van der Waals surface area (Å²) in [7, 11) is 0. The van der Waals surface area contributed by atoms with Gasteiger partial charge in [-0.2, -0.15) is 0 Å². The summed E-state index contributed by atoms with van der Waals surface area (Å²) in [6.45, 7) is 0. The van der Waals surface area contributed by atoms with Crippen LogP contribution in [0.4, 0.5) is 0 Å². The third-order valence-electron chi connectivity index (χ3n) is 3.28. The fourth-order valence-electron chi connectivity index (χ4n) is 2.09. The van der Waals surface area contributed by atoms with E-state index in [-0.39, 0.29) is 24.2 Å². The van der Waals surface area contributed by atoms with Crippen LogP contribution < -0.4 is 5.73 Å². The van der Waals surface area contributed by atoms with Gasteiger partial charge in [-0.15, -0.1) is 12.4 Å². The van der Waals surface area contributed by atoms with Gasteiger partial charge in [0.1, 0.15) is 5.75 Å². The number of pyridine rings is 1. The molecule has 3 nitrogen and oxygen atoms in total. The highest BCUT2D eigenvalue weighted by Crippen LogP contribution is 2.39. The van der Waals surface area contributed by atoms with Crippen molar-refractivity contribution in [3.05, 3.63) is 47.1 Å². The van der Waals surface area contributed by atoms with E-state index in [9.17, 15) is 5.11 Å². The molecule has 0 saturated heterocycles. The van der Waals surface area contributed by atoms with E-state index in [1.807, 2.05) is 18.3 Å². The Balaban J connectivity index is 0.00000133. The van der Waals surface area contributed by atoms with Gasteiger partial charge in [0.15, 0.2) is 0 Å². The van der Waals surface area contributed by atoms with Crippen LogP contribution in [0.15, 0.2) is 36.5 Å². The zero-order chi connectivity index (χ0) is 12.7. The van der Waals surface area contributed by atoms with E-state index in [2.05, 4.69) is 4.98 Å². The van der Waals surface area contributed by atoms with Gasteiger partial charge in [0.2, 0.25) is 0 Å². The summed E-state index contributed by atoms with van der Waals surface area (Å²) in [6, 6.07) is 9.07. The first kappa shape index (κ1) is 14.1. The summed E-state index contributed by atoms with van der Waals surface area (Å²) in [6.07, 6.45) is 2.88. The van der Waals surface area contributed by atoms with Crippen molar-refractivity contribution < 1.29 is 5.11 Å². The van der Waals surface area contributed by atoms with E-state index in [1.165, 1.54) is 5.56 Å². The summed E-state index contributed by atoms with van der Waals surface area (Å²) in [5.41, 5.74) is 8.48. The normalized spacial score (nSPS) is 20.7. The lowest BCUT2D eigenvalue weighted by molar-refractivity contribution is 0.475. The van der Waals surface area contributed by atoms with Gasteiger partial charge in [0, 0.05) is 23.7 Å². The summed E-state index contributed by atoms with van der Waals surface area (Å²) in [5.74, 6) is 0.635. The molecule has 0 bridgehead atoms. The largest absolute Gasteiger partial charge is 0.508 e. The van der Waals surface area contributed by atoms with Crippen molar-refractivity contribution in [2.24, 2.45) is 5.73 Å². The van der Waals surface area contributed by atoms with Crippen molar-refractivity contribution in [3.8, 4) is 17.0 Å². The van der Waals surface area contributed by atoms with E-state index in [1.54, 1.807) is 18.2 Å². The number of halogens is 2. The number of nitrogens with zero attached hydrogens (tertiary/aromatic N) is 1. The predicted molar refractivity (Wildman–Crippen MR) is 78.9 cm³/mol. The Labute approximate surface area is 122 Å². The van der Waals surface area contributed by atoms with Crippen LogP contribution in [0.3, 0.4) is 0 Å². The minimum atomic E-state index is 0. The van der Waals surface area contributed by atoms with Crippen molar-refractivity contribution >= 4 is 24.0 Å². The Morgan fingerprint density at radius 1 is 1.26 bits per heavy atom. The number of aromatic nitrogens is 1. The Bertz CT molecular complexity index is 586. The van der Waals surface area contributed by atoms with Crippen LogP contribution in [0.1, 0.15) is 17.9 Å². The molecule has 0 unspecified atom stereocenters. The highest BCUT2D eigenvalue weighted by atomic mass is 35.5. The number of nitrogens with two attached hydrogens (primary N) is 1. The monoisotopic (exact) mass is 296 g/mol. The Hall–Kier alpha value is -1.29. The minimum Gasteiger partial charge on any atom is -0.508 e. The fourth-order valence-corrected chi connectivity index (χ4v) is 2.31. The lowest BCUT2D eigenvalue weighted by atomic mass is 10.1. The van der Waals surface area contributed by atoms with Gasteiger partial charge in [-0.1, -0.05) is 17.7 Å².